The SMILES string of the molecule is OC[C@@H](O)[C@@H](O)[C@H](O)[C@H](O)C(OC(c1ccccc1)(c1ccccc1)c1ccccc1)C(c1ccccc1)(c1ccccc1)c1ccccc1. The van der Waals surface area contributed by atoms with Crippen LogP contribution in [0, 0.1) is 0 Å². The molecule has 1 unspecified atom stereocenters. The van der Waals surface area contributed by atoms with Crippen LogP contribution in [0.2, 0.25) is 0 Å². The standard InChI is InChI=1S/C44H42O6/c45-31-38(46)39(47)40(48)41(49)42(43(32-19-7-1-8-20-32,33-21-9-2-10-22-33)34-23-11-3-12-24-34)50-44(35-25-13-4-14-26-35,36-27-15-5-16-28-36)37-29-17-6-18-30-37/h1-30,38-42,45-49H,31H2/t38-,39-,40+,41+,42?/m1/s1. The predicted molar refractivity (Wildman–Crippen MR) is 194 cm³/mol. The van der Waals surface area contributed by atoms with E-state index in [4.69, 9.17) is 4.74 Å². The first-order valence-electron chi connectivity index (χ1n) is 16.8. The minimum absolute atomic E-state index is 0.758. The maximum atomic E-state index is 12.7. The molecule has 6 aromatic carbocycles. The zero-order valence-electron chi connectivity index (χ0n) is 27.6. The first kappa shape index (κ1) is 34.9. The Morgan fingerprint density at radius 3 is 0.940 bits per heavy atom. The Morgan fingerprint density at radius 2 is 0.660 bits per heavy atom. The lowest BCUT2D eigenvalue weighted by Crippen LogP contribution is -2.60. The van der Waals surface area contributed by atoms with Crippen molar-refractivity contribution in [2.75, 3.05) is 6.61 Å². The van der Waals surface area contributed by atoms with Crippen LogP contribution in [-0.4, -0.2) is 62.7 Å². The zero-order valence-corrected chi connectivity index (χ0v) is 27.6. The summed E-state index contributed by atoms with van der Waals surface area (Å²) in [6.07, 6.45) is -8.76. The van der Waals surface area contributed by atoms with E-state index in [1.54, 1.807) is 0 Å². The second kappa shape index (κ2) is 15.7. The van der Waals surface area contributed by atoms with Crippen LogP contribution < -0.4 is 0 Å². The highest BCUT2D eigenvalue weighted by Gasteiger charge is 2.55. The Kier molecular flexibility index (Phi) is 11.0. The van der Waals surface area contributed by atoms with E-state index < -0.39 is 48.1 Å². The number of aliphatic hydroxyl groups is 5. The second-order valence-corrected chi connectivity index (χ2v) is 12.4. The van der Waals surface area contributed by atoms with Crippen LogP contribution in [0.4, 0.5) is 0 Å². The van der Waals surface area contributed by atoms with Gasteiger partial charge < -0.3 is 30.3 Å². The van der Waals surface area contributed by atoms with Crippen LogP contribution >= 0.6 is 0 Å². The molecule has 0 amide bonds. The predicted octanol–water partition coefficient (Wildman–Crippen LogP) is 5.83. The summed E-state index contributed by atoms with van der Waals surface area (Å²) in [5, 5.41) is 56.0. The van der Waals surface area contributed by atoms with Crippen molar-refractivity contribution >= 4 is 0 Å². The van der Waals surface area contributed by atoms with E-state index in [2.05, 4.69) is 0 Å². The lowest BCUT2D eigenvalue weighted by atomic mass is 9.63. The molecule has 0 heterocycles. The van der Waals surface area contributed by atoms with Crippen molar-refractivity contribution in [3.63, 3.8) is 0 Å². The summed E-state index contributed by atoms with van der Waals surface area (Å²) >= 11 is 0. The summed E-state index contributed by atoms with van der Waals surface area (Å²) in [7, 11) is 0. The number of hydrogen-bond acceptors (Lipinski definition) is 6. The summed E-state index contributed by atoms with van der Waals surface area (Å²) in [6.45, 7) is -0.820. The molecule has 0 aromatic heterocycles. The Bertz CT molecular complexity index is 1680. The molecule has 0 aliphatic heterocycles. The normalized spacial score (nSPS) is 15.1. The summed E-state index contributed by atoms with van der Waals surface area (Å²) in [6, 6.07) is 58.2. The molecule has 0 saturated carbocycles. The molecule has 0 fully saturated rings. The van der Waals surface area contributed by atoms with Gasteiger partial charge in [-0.15, -0.1) is 0 Å². The molecule has 6 heteroatoms. The molecule has 6 rings (SSSR count). The van der Waals surface area contributed by atoms with Gasteiger partial charge in [0.15, 0.2) is 0 Å². The topological polar surface area (TPSA) is 110 Å². The third kappa shape index (κ3) is 6.53. The molecule has 5 N–H and O–H groups in total. The quantitative estimate of drug-likeness (QED) is 0.0936. The summed E-state index contributed by atoms with van der Waals surface area (Å²) < 4.78 is 7.71. The van der Waals surface area contributed by atoms with Gasteiger partial charge in [-0.25, -0.2) is 0 Å². The van der Waals surface area contributed by atoms with Gasteiger partial charge in [0.25, 0.3) is 0 Å². The van der Waals surface area contributed by atoms with E-state index in [1.165, 1.54) is 0 Å². The van der Waals surface area contributed by atoms with Crippen LogP contribution in [0.5, 0.6) is 0 Å². The molecule has 0 bridgehead atoms. The van der Waals surface area contributed by atoms with E-state index >= 15 is 0 Å². The Labute approximate surface area is 293 Å². The average Bonchev–Trinajstić information content (AvgIpc) is 3.20. The van der Waals surface area contributed by atoms with Gasteiger partial charge in [0.2, 0.25) is 0 Å². The van der Waals surface area contributed by atoms with E-state index in [0.717, 1.165) is 33.4 Å². The molecule has 0 saturated heterocycles. The van der Waals surface area contributed by atoms with Crippen LogP contribution in [0.3, 0.4) is 0 Å². The van der Waals surface area contributed by atoms with Crippen molar-refractivity contribution < 1.29 is 30.3 Å². The first-order valence-corrected chi connectivity index (χ1v) is 16.8. The highest BCUT2D eigenvalue weighted by atomic mass is 16.5. The van der Waals surface area contributed by atoms with E-state index in [-0.39, 0.29) is 0 Å². The van der Waals surface area contributed by atoms with Crippen LogP contribution in [0.15, 0.2) is 182 Å². The fourth-order valence-electron chi connectivity index (χ4n) is 7.14. The maximum absolute atomic E-state index is 12.7. The summed E-state index contributed by atoms with van der Waals surface area (Å²) in [5.74, 6) is 0. The van der Waals surface area contributed by atoms with Crippen molar-refractivity contribution in [3.8, 4) is 0 Å². The average molecular weight is 667 g/mol. The molecule has 0 aliphatic rings. The molecular formula is C44H42O6. The fourth-order valence-corrected chi connectivity index (χ4v) is 7.14. The van der Waals surface area contributed by atoms with Gasteiger partial charge in [-0.2, -0.15) is 0 Å². The van der Waals surface area contributed by atoms with Crippen molar-refractivity contribution in [2.45, 2.75) is 41.5 Å². The lowest BCUT2D eigenvalue weighted by Gasteiger charge is -2.50. The molecule has 6 nitrogen and oxygen atoms in total. The Balaban J connectivity index is 1.76. The van der Waals surface area contributed by atoms with Crippen molar-refractivity contribution in [2.24, 2.45) is 0 Å². The highest BCUT2D eigenvalue weighted by Crippen LogP contribution is 2.50. The number of aliphatic hydroxyl groups excluding tert-OH is 5. The van der Waals surface area contributed by atoms with Gasteiger partial charge in [0, 0.05) is 0 Å². The fraction of sp³-hybridized carbons (Fsp3) is 0.182. The zero-order chi connectivity index (χ0) is 35.0. The van der Waals surface area contributed by atoms with Gasteiger partial charge in [-0.1, -0.05) is 182 Å². The maximum Gasteiger partial charge on any atom is 0.144 e. The van der Waals surface area contributed by atoms with Gasteiger partial charge >= 0.3 is 0 Å². The van der Waals surface area contributed by atoms with Crippen LogP contribution in [0.25, 0.3) is 0 Å². The molecule has 0 spiro atoms. The highest BCUT2D eigenvalue weighted by molar-refractivity contribution is 5.54. The summed E-state index contributed by atoms with van der Waals surface area (Å²) in [5.41, 5.74) is 1.88. The van der Waals surface area contributed by atoms with E-state index in [1.807, 2.05) is 182 Å². The minimum atomic E-state index is -1.95. The number of benzene rings is 6. The Hall–Kier alpha value is -4.92. The van der Waals surface area contributed by atoms with Crippen LogP contribution in [-0.2, 0) is 15.8 Å². The molecule has 50 heavy (non-hydrogen) atoms. The number of rotatable bonds is 14. The van der Waals surface area contributed by atoms with Crippen molar-refractivity contribution in [1.82, 2.24) is 0 Å². The molecule has 6 aromatic rings. The van der Waals surface area contributed by atoms with Gasteiger partial charge in [-0.05, 0) is 33.4 Å². The molecule has 5 atom stereocenters. The van der Waals surface area contributed by atoms with Crippen molar-refractivity contribution in [1.29, 1.82) is 0 Å². The largest absolute Gasteiger partial charge is 0.394 e. The van der Waals surface area contributed by atoms with E-state index in [0.29, 0.717) is 0 Å². The van der Waals surface area contributed by atoms with Gasteiger partial charge in [0.1, 0.15) is 36.1 Å². The van der Waals surface area contributed by atoms with Crippen LogP contribution in [0.1, 0.15) is 33.4 Å². The smallest absolute Gasteiger partial charge is 0.144 e. The molecule has 0 aliphatic carbocycles. The minimum Gasteiger partial charge on any atom is -0.394 e. The van der Waals surface area contributed by atoms with Crippen molar-refractivity contribution in [3.05, 3.63) is 215 Å². The number of ether oxygens (including phenoxy) is 1. The number of hydrogen-bond donors (Lipinski definition) is 5. The third-order valence-corrected chi connectivity index (χ3v) is 9.55. The van der Waals surface area contributed by atoms with Gasteiger partial charge in [0.05, 0.1) is 12.0 Å². The molecular weight excluding hydrogens is 624 g/mol. The lowest BCUT2D eigenvalue weighted by molar-refractivity contribution is -0.182. The first-order chi connectivity index (χ1) is 24.4. The summed E-state index contributed by atoms with van der Waals surface area (Å²) in [4.78, 5) is 0. The monoisotopic (exact) mass is 666 g/mol. The van der Waals surface area contributed by atoms with Gasteiger partial charge in [-0.3, -0.25) is 0 Å². The Morgan fingerprint density at radius 1 is 0.380 bits per heavy atom. The third-order valence-electron chi connectivity index (χ3n) is 9.55. The molecule has 254 valence electrons. The second-order valence-electron chi connectivity index (χ2n) is 12.4. The van der Waals surface area contributed by atoms with E-state index in [9.17, 15) is 25.5 Å². The molecule has 0 radical (unpaired) electrons.